The van der Waals surface area contributed by atoms with Gasteiger partial charge in [0.05, 0.1) is 25.3 Å². The second-order valence-electron chi connectivity index (χ2n) is 6.05. The van der Waals surface area contributed by atoms with Crippen molar-refractivity contribution in [3.05, 3.63) is 24.2 Å². The molecule has 0 bridgehead atoms. The Morgan fingerprint density at radius 3 is 3.04 bits per heavy atom. The number of piperidine rings is 1. The summed E-state index contributed by atoms with van der Waals surface area (Å²) in [6, 6.07) is 3.84. The fourth-order valence-corrected chi connectivity index (χ4v) is 3.12. The number of hydrogen-bond donors (Lipinski definition) is 1. The highest BCUT2D eigenvalue weighted by Crippen LogP contribution is 2.19. The third-order valence-corrected chi connectivity index (χ3v) is 4.36. The van der Waals surface area contributed by atoms with Gasteiger partial charge in [-0.3, -0.25) is 9.69 Å². The molecule has 0 saturated carbocycles. The van der Waals surface area contributed by atoms with Crippen molar-refractivity contribution < 1.29 is 18.7 Å². The van der Waals surface area contributed by atoms with Crippen molar-refractivity contribution in [2.24, 2.45) is 5.92 Å². The normalized spacial score (nSPS) is 22.2. The maximum atomic E-state index is 12.3. The van der Waals surface area contributed by atoms with E-state index < -0.39 is 0 Å². The fraction of sp³-hybridized carbons (Fsp3) is 0.625. The predicted molar refractivity (Wildman–Crippen MR) is 82.6 cm³/mol. The summed E-state index contributed by atoms with van der Waals surface area (Å²) in [5.41, 5.74) is 0. The Kier molecular flexibility index (Phi) is 5.17. The molecule has 7 nitrogen and oxygen atoms in total. The molecule has 126 valence electrons. The average molecular weight is 321 g/mol. The maximum absolute atomic E-state index is 12.3. The van der Waals surface area contributed by atoms with Gasteiger partial charge in [-0.25, -0.2) is 4.79 Å². The van der Waals surface area contributed by atoms with Gasteiger partial charge in [-0.1, -0.05) is 0 Å². The highest BCUT2D eigenvalue weighted by atomic mass is 16.6. The molecule has 3 rings (SSSR count). The molecule has 0 aliphatic carbocycles. The fourth-order valence-electron chi connectivity index (χ4n) is 3.12. The highest BCUT2D eigenvalue weighted by molar-refractivity contribution is 5.79. The average Bonchev–Trinajstić information content (AvgIpc) is 3.20. The van der Waals surface area contributed by atoms with Crippen molar-refractivity contribution in [1.82, 2.24) is 15.1 Å². The quantitative estimate of drug-likeness (QED) is 0.848. The zero-order valence-electron chi connectivity index (χ0n) is 13.2. The van der Waals surface area contributed by atoms with Crippen LogP contribution < -0.4 is 5.32 Å². The van der Waals surface area contributed by atoms with Gasteiger partial charge in [-0.05, 0) is 31.5 Å². The van der Waals surface area contributed by atoms with Gasteiger partial charge in [0.2, 0.25) is 5.91 Å². The Balaban J connectivity index is 1.40. The third kappa shape index (κ3) is 4.25. The van der Waals surface area contributed by atoms with Gasteiger partial charge in [0.1, 0.15) is 12.4 Å². The highest BCUT2D eigenvalue weighted by Gasteiger charge is 2.27. The number of likely N-dealkylation sites (tertiary alicyclic amines) is 1. The SMILES string of the molecule is O=C(NCCN1CCOC1=O)C1CCCN(Cc2ccco2)C1. The lowest BCUT2D eigenvalue weighted by atomic mass is 9.97. The number of rotatable bonds is 6. The lowest BCUT2D eigenvalue weighted by Crippen LogP contribution is -2.44. The molecule has 0 spiro atoms. The van der Waals surface area contributed by atoms with Crippen LogP contribution in [0.2, 0.25) is 0 Å². The van der Waals surface area contributed by atoms with Crippen molar-refractivity contribution >= 4 is 12.0 Å². The van der Waals surface area contributed by atoms with Crippen molar-refractivity contribution in [2.75, 3.05) is 39.3 Å². The van der Waals surface area contributed by atoms with Gasteiger partial charge in [-0.15, -0.1) is 0 Å². The molecule has 2 amide bonds. The lowest BCUT2D eigenvalue weighted by molar-refractivity contribution is -0.126. The molecule has 1 N–H and O–H groups in total. The van der Waals surface area contributed by atoms with Crippen LogP contribution in [0.25, 0.3) is 0 Å². The number of furan rings is 1. The van der Waals surface area contributed by atoms with Crippen LogP contribution in [0, 0.1) is 5.92 Å². The van der Waals surface area contributed by atoms with Gasteiger partial charge in [0, 0.05) is 19.6 Å². The number of hydrogen-bond acceptors (Lipinski definition) is 5. The van der Waals surface area contributed by atoms with E-state index in [2.05, 4.69) is 10.2 Å². The minimum atomic E-state index is -0.290. The number of ether oxygens (including phenoxy) is 1. The summed E-state index contributed by atoms with van der Waals surface area (Å²) in [6.07, 6.45) is 3.30. The second kappa shape index (κ2) is 7.50. The Labute approximate surface area is 135 Å². The summed E-state index contributed by atoms with van der Waals surface area (Å²) < 4.78 is 10.2. The largest absolute Gasteiger partial charge is 0.468 e. The minimum Gasteiger partial charge on any atom is -0.468 e. The number of amides is 2. The first-order valence-corrected chi connectivity index (χ1v) is 8.16. The number of nitrogens with zero attached hydrogens (tertiary/aromatic N) is 2. The van der Waals surface area contributed by atoms with E-state index in [1.54, 1.807) is 11.2 Å². The third-order valence-electron chi connectivity index (χ3n) is 4.36. The topological polar surface area (TPSA) is 75.0 Å². The summed E-state index contributed by atoms with van der Waals surface area (Å²) in [4.78, 5) is 27.5. The van der Waals surface area contributed by atoms with Crippen LogP contribution in [0.4, 0.5) is 4.79 Å². The van der Waals surface area contributed by atoms with Crippen molar-refractivity contribution in [1.29, 1.82) is 0 Å². The standard InChI is InChI=1S/C16H23N3O4/c20-15(17-5-7-19-8-10-23-16(19)21)13-3-1-6-18(11-13)12-14-4-2-9-22-14/h2,4,9,13H,1,3,5-8,10-12H2,(H,17,20). The molecule has 3 heterocycles. The lowest BCUT2D eigenvalue weighted by Gasteiger charge is -2.31. The van der Waals surface area contributed by atoms with E-state index in [1.807, 2.05) is 12.1 Å². The van der Waals surface area contributed by atoms with E-state index in [0.717, 1.165) is 38.2 Å². The smallest absolute Gasteiger partial charge is 0.409 e. The minimum absolute atomic E-state index is 0.00393. The van der Waals surface area contributed by atoms with Crippen LogP contribution >= 0.6 is 0 Å². The van der Waals surface area contributed by atoms with Crippen LogP contribution in [0.1, 0.15) is 18.6 Å². The van der Waals surface area contributed by atoms with Gasteiger partial charge in [0.25, 0.3) is 0 Å². The first-order chi connectivity index (χ1) is 11.2. The Bertz CT molecular complexity index is 531. The molecule has 2 saturated heterocycles. The number of nitrogens with one attached hydrogen (secondary N) is 1. The summed E-state index contributed by atoms with van der Waals surface area (Å²) in [5, 5.41) is 2.94. The summed E-state index contributed by atoms with van der Waals surface area (Å²) in [6.45, 7) is 4.51. The van der Waals surface area contributed by atoms with Crippen LogP contribution in [0.15, 0.2) is 22.8 Å². The Morgan fingerprint density at radius 2 is 2.30 bits per heavy atom. The van der Waals surface area contributed by atoms with Crippen molar-refractivity contribution in [3.8, 4) is 0 Å². The monoisotopic (exact) mass is 321 g/mol. The first-order valence-electron chi connectivity index (χ1n) is 8.16. The molecule has 0 radical (unpaired) electrons. The molecule has 1 atom stereocenters. The first kappa shape index (κ1) is 15.9. The van der Waals surface area contributed by atoms with Crippen LogP contribution in [-0.4, -0.2) is 61.1 Å². The predicted octanol–water partition coefficient (Wildman–Crippen LogP) is 1.06. The summed E-state index contributed by atoms with van der Waals surface area (Å²) in [5.74, 6) is 1.00. The summed E-state index contributed by atoms with van der Waals surface area (Å²) >= 11 is 0. The van der Waals surface area contributed by atoms with Crippen molar-refractivity contribution in [2.45, 2.75) is 19.4 Å². The molecule has 2 fully saturated rings. The molecule has 1 aromatic heterocycles. The molecule has 23 heavy (non-hydrogen) atoms. The molecular formula is C16H23N3O4. The van der Waals surface area contributed by atoms with Gasteiger partial charge in [-0.2, -0.15) is 0 Å². The Hall–Kier alpha value is -2.02. The second-order valence-corrected chi connectivity index (χ2v) is 6.05. The van der Waals surface area contributed by atoms with Crippen LogP contribution in [0.3, 0.4) is 0 Å². The molecule has 0 aromatic carbocycles. The molecule has 2 aliphatic heterocycles. The number of cyclic esters (lactones) is 1. The van der Waals surface area contributed by atoms with E-state index in [0.29, 0.717) is 26.2 Å². The van der Waals surface area contributed by atoms with Crippen molar-refractivity contribution in [3.63, 3.8) is 0 Å². The zero-order chi connectivity index (χ0) is 16.1. The van der Waals surface area contributed by atoms with Crippen LogP contribution in [0.5, 0.6) is 0 Å². The number of carbonyl (C=O) groups excluding carboxylic acids is 2. The van der Waals surface area contributed by atoms with E-state index in [-0.39, 0.29) is 17.9 Å². The molecular weight excluding hydrogens is 298 g/mol. The van der Waals surface area contributed by atoms with Gasteiger partial charge < -0.3 is 19.4 Å². The van der Waals surface area contributed by atoms with Gasteiger partial charge in [0.15, 0.2) is 0 Å². The zero-order valence-corrected chi connectivity index (χ0v) is 13.2. The molecule has 1 aromatic rings. The van der Waals surface area contributed by atoms with E-state index in [9.17, 15) is 9.59 Å². The maximum Gasteiger partial charge on any atom is 0.409 e. The van der Waals surface area contributed by atoms with Gasteiger partial charge >= 0.3 is 6.09 Å². The van der Waals surface area contributed by atoms with Crippen LogP contribution in [-0.2, 0) is 16.1 Å². The molecule has 1 unspecified atom stereocenters. The Morgan fingerprint density at radius 1 is 1.39 bits per heavy atom. The summed E-state index contributed by atoms with van der Waals surface area (Å²) in [7, 11) is 0. The molecule has 2 aliphatic rings. The number of carbonyl (C=O) groups is 2. The van der Waals surface area contributed by atoms with E-state index in [4.69, 9.17) is 9.15 Å². The molecule has 7 heteroatoms. The van der Waals surface area contributed by atoms with E-state index >= 15 is 0 Å². The van der Waals surface area contributed by atoms with E-state index in [1.165, 1.54) is 0 Å².